The Morgan fingerprint density at radius 2 is 1.94 bits per heavy atom. The summed E-state index contributed by atoms with van der Waals surface area (Å²) in [5, 5.41) is 5.10. The fourth-order valence-electron chi connectivity index (χ4n) is 2.92. The van der Waals surface area contributed by atoms with Crippen LogP contribution >= 0.6 is 7.75 Å². The van der Waals surface area contributed by atoms with Gasteiger partial charge in [-0.25, -0.2) is 9.65 Å². The number of benzene rings is 1. The molecule has 11 heteroatoms. The molecule has 0 bridgehead atoms. The van der Waals surface area contributed by atoms with Crippen LogP contribution in [0.4, 0.5) is 0 Å². The van der Waals surface area contributed by atoms with Crippen molar-refractivity contribution in [2.75, 3.05) is 26.9 Å². The molecule has 2 N–H and O–H groups in total. The molecular formula is C21H31N2O8P. The number of rotatable bonds is 10. The Morgan fingerprint density at radius 1 is 1.25 bits per heavy atom. The van der Waals surface area contributed by atoms with E-state index in [1.54, 1.807) is 13.8 Å². The zero-order valence-electron chi connectivity index (χ0n) is 18.8. The molecule has 0 spiro atoms. The molecule has 1 aliphatic rings. The van der Waals surface area contributed by atoms with Gasteiger partial charge in [0.2, 0.25) is 5.91 Å². The van der Waals surface area contributed by atoms with Crippen molar-refractivity contribution in [3.8, 4) is 0 Å². The summed E-state index contributed by atoms with van der Waals surface area (Å²) in [6.45, 7) is 5.10. The summed E-state index contributed by atoms with van der Waals surface area (Å²) in [5.74, 6) is -1.63. The highest BCUT2D eigenvalue weighted by Crippen LogP contribution is 2.53. The van der Waals surface area contributed by atoms with E-state index in [1.165, 1.54) is 14.0 Å². The maximum absolute atomic E-state index is 13.1. The van der Waals surface area contributed by atoms with Gasteiger partial charge in [0.1, 0.15) is 6.04 Å². The Morgan fingerprint density at radius 3 is 2.59 bits per heavy atom. The number of hydrogen-bond donors (Lipinski definition) is 2. The fourth-order valence-corrected chi connectivity index (χ4v) is 4.86. The molecule has 0 radical (unpaired) electrons. The van der Waals surface area contributed by atoms with Crippen LogP contribution in [0.15, 0.2) is 30.3 Å². The zero-order valence-corrected chi connectivity index (χ0v) is 19.7. The molecule has 1 aromatic carbocycles. The van der Waals surface area contributed by atoms with Crippen LogP contribution < -0.4 is 10.4 Å². The van der Waals surface area contributed by atoms with Gasteiger partial charge in [0.15, 0.2) is 6.10 Å². The molecule has 1 amide bonds. The molecule has 0 saturated carbocycles. The number of hydrogen-bond acceptors (Lipinski definition) is 8. The minimum Gasteiger partial charge on any atom is -0.469 e. The third-order valence-corrected chi connectivity index (χ3v) is 6.50. The van der Waals surface area contributed by atoms with Crippen LogP contribution in [-0.4, -0.2) is 56.9 Å². The number of carbonyl (C=O) groups excluding carboxylic acids is 3. The van der Waals surface area contributed by atoms with Gasteiger partial charge >= 0.3 is 19.7 Å². The van der Waals surface area contributed by atoms with Gasteiger partial charge in [-0.15, -0.1) is 0 Å². The smallest absolute Gasteiger partial charge is 0.407 e. The Balaban J connectivity index is 1.89. The SMILES string of the molecule is COC(=O)CCNC(=O)[C@@H]1OP(=O)(N[C@H](C)C(=O)OCCc2ccccc2)OCC1(C)C. The minimum atomic E-state index is -3.96. The zero-order chi connectivity index (χ0) is 23.8. The van der Waals surface area contributed by atoms with E-state index in [2.05, 4.69) is 15.1 Å². The van der Waals surface area contributed by atoms with E-state index in [0.717, 1.165) is 5.56 Å². The number of methoxy groups -OCH3 is 1. The van der Waals surface area contributed by atoms with Crippen LogP contribution in [0.25, 0.3) is 0 Å². The average Bonchev–Trinajstić information content (AvgIpc) is 2.76. The van der Waals surface area contributed by atoms with Crippen LogP contribution in [0.2, 0.25) is 0 Å². The van der Waals surface area contributed by atoms with E-state index in [0.29, 0.717) is 6.42 Å². The first kappa shape index (κ1) is 26.0. The summed E-state index contributed by atoms with van der Waals surface area (Å²) in [6.07, 6.45) is -0.576. The molecular weight excluding hydrogens is 439 g/mol. The Bertz CT molecular complexity index is 845. The summed E-state index contributed by atoms with van der Waals surface area (Å²) in [4.78, 5) is 36.1. The molecule has 32 heavy (non-hydrogen) atoms. The third-order valence-electron chi connectivity index (χ3n) is 4.84. The van der Waals surface area contributed by atoms with E-state index in [9.17, 15) is 18.9 Å². The summed E-state index contributed by atoms with van der Waals surface area (Å²) >= 11 is 0. The topological polar surface area (TPSA) is 129 Å². The first-order chi connectivity index (χ1) is 15.1. The number of nitrogens with one attached hydrogen (secondary N) is 2. The maximum Gasteiger partial charge on any atom is 0.407 e. The van der Waals surface area contributed by atoms with Crippen LogP contribution in [0, 0.1) is 5.41 Å². The van der Waals surface area contributed by atoms with E-state index < -0.39 is 43.2 Å². The van der Waals surface area contributed by atoms with Gasteiger partial charge < -0.3 is 14.8 Å². The van der Waals surface area contributed by atoms with Gasteiger partial charge in [-0.1, -0.05) is 44.2 Å². The van der Waals surface area contributed by atoms with Gasteiger partial charge in [0.25, 0.3) is 0 Å². The minimum absolute atomic E-state index is 0.00629. The maximum atomic E-state index is 13.1. The van der Waals surface area contributed by atoms with Crippen LogP contribution in [0.3, 0.4) is 0 Å². The van der Waals surface area contributed by atoms with Gasteiger partial charge in [0, 0.05) is 18.4 Å². The molecule has 1 heterocycles. The molecule has 1 unspecified atom stereocenters. The van der Waals surface area contributed by atoms with Crippen molar-refractivity contribution in [3.63, 3.8) is 0 Å². The van der Waals surface area contributed by atoms with Gasteiger partial charge in [-0.2, -0.15) is 0 Å². The molecule has 3 atom stereocenters. The third kappa shape index (κ3) is 7.70. The second-order valence-electron chi connectivity index (χ2n) is 8.12. The number of esters is 2. The van der Waals surface area contributed by atoms with Crippen molar-refractivity contribution < 1.29 is 37.5 Å². The molecule has 2 rings (SSSR count). The van der Waals surface area contributed by atoms with Crippen molar-refractivity contribution in [2.45, 2.75) is 45.8 Å². The van der Waals surface area contributed by atoms with Gasteiger partial charge in [0.05, 0.1) is 26.7 Å². The van der Waals surface area contributed by atoms with Crippen molar-refractivity contribution >= 4 is 25.6 Å². The summed E-state index contributed by atoms with van der Waals surface area (Å²) in [5.41, 5.74) is 0.237. The lowest BCUT2D eigenvalue weighted by Gasteiger charge is -2.40. The lowest BCUT2D eigenvalue weighted by molar-refractivity contribution is -0.145. The molecule has 0 aromatic heterocycles. The Kier molecular flexibility index (Phi) is 9.39. The van der Waals surface area contributed by atoms with E-state index >= 15 is 0 Å². The van der Waals surface area contributed by atoms with Crippen molar-refractivity contribution in [1.82, 2.24) is 10.4 Å². The fraction of sp³-hybridized carbons (Fsp3) is 0.571. The van der Waals surface area contributed by atoms with Crippen molar-refractivity contribution in [1.29, 1.82) is 0 Å². The molecule has 0 aliphatic carbocycles. The molecule has 1 aliphatic heterocycles. The number of amides is 1. The van der Waals surface area contributed by atoms with Gasteiger partial charge in [-0.3, -0.25) is 23.4 Å². The van der Waals surface area contributed by atoms with Crippen LogP contribution in [0.5, 0.6) is 0 Å². The standard InChI is InChI=1S/C21H31N2O8P/c1-15(20(26)29-13-11-16-8-6-5-7-9-16)23-32(27)30-14-21(2,3)18(31-32)19(25)22-12-10-17(24)28-4/h5-9,15,18H,10-14H2,1-4H3,(H,22,25)(H,23,27)/t15-,18+,32?/m1/s1. The summed E-state index contributed by atoms with van der Waals surface area (Å²) in [6, 6.07) is 8.56. The quantitative estimate of drug-likeness (QED) is 0.389. The van der Waals surface area contributed by atoms with Crippen molar-refractivity contribution in [2.24, 2.45) is 5.41 Å². The molecule has 10 nitrogen and oxygen atoms in total. The van der Waals surface area contributed by atoms with E-state index in [1.807, 2.05) is 30.3 Å². The average molecular weight is 470 g/mol. The molecule has 178 valence electrons. The predicted molar refractivity (Wildman–Crippen MR) is 116 cm³/mol. The molecule has 1 saturated heterocycles. The summed E-state index contributed by atoms with van der Waals surface area (Å²) in [7, 11) is -2.71. The normalized spacial score (nSPS) is 23.1. The largest absolute Gasteiger partial charge is 0.469 e. The first-order valence-corrected chi connectivity index (χ1v) is 11.9. The number of ether oxygens (including phenoxy) is 2. The van der Waals surface area contributed by atoms with Crippen LogP contribution in [-0.2, 0) is 43.9 Å². The monoisotopic (exact) mass is 470 g/mol. The second-order valence-corrected chi connectivity index (χ2v) is 9.84. The Labute approximate surface area is 187 Å². The lowest BCUT2D eigenvalue weighted by Crippen LogP contribution is -2.51. The lowest BCUT2D eigenvalue weighted by atomic mass is 9.87. The van der Waals surface area contributed by atoms with Crippen LogP contribution in [0.1, 0.15) is 32.8 Å². The number of carbonyl (C=O) groups is 3. The molecule has 1 aromatic rings. The highest BCUT2D eigenvalue weighted by atomic mass is 31.2. The van der Waals surface area contributed by atoms with Crippen molar-refractivity contribution in [3.05, 3.63) is 35.9 Å². The van der Waals surface area contributed by atoms with E-state index in [-0.39, 0.29) is 26.2 Å². The summed E-state index contributed by atoms with van der Waals surface area (Å²) < 4.78 is 33.7. The second kappa shape index (κ2) is 11.6. The first-order valence-electron chi connectivity index (χ1n) is 10.3. The van der Waals surface area contributed by atoms with Gasteiger partial charge in [-0.05, 0) is 12.5 Å². The predicted octanol–water partition coefficient (Wildman–Crippen LogP) is 1.98. The van der Waals surface area contributed by atoms with E-state index in [4.69, 9.17) is 13.8 Å². The highest BCUT2D eigenvalue weighted by molar-refractivity contribution is 7.51. The Hall–Kier alpha value is -2.26. The highest BCUT2D eigenvalue weighted by Gasteiger charge is 2.48. The molecule has 1 fully saturated rings.